The quantitative estimate of drug-likeness (QED) is 0.373. The monoisotopic (exact) mass is 204 g/mol. The molecule has 0 saturated heterocycles. The number of nitrogens with zero attached hydrogens (tertiary/aromatic N) is 2. The number of rotatable bonds is 3. The second-order valence-corrected chi connectivity index (χ2v) is 5.93. The van der Waals surface area contributed by atoms with Crippen LogP contribution in [0.1, 0.15) is 48.0 Å². The summed E-state index contributed by atoms with van der Waals surface area (Å²) in [7, 11) is 0. The van der Waals surface area contributed by atoms with E-state index in [0.717, 1.165) is 6.42 Å². The highest BCUT2D eigenvalue weighted by Gasteiger charge is 2.22. The zero-order chi connectivity index (χ0) is 10.7. The second kappa shape index (κ2) is 4.41. The van der Waals surface area contributed by atoms with Crippen LogP contribution in [0.3, 0.4) is 0 Å². The molecule has 0 rings (SSSR count). The molecule has 1 atom stereocenters. The standard InChI is InChI=1S/C10H21ClN2/c1-8(2)7-10(6,11)13-12-9(3,4)5/h8H,7H2,1-6H3. The zero-order valence-corrected chi connectivity index (χ0v) is 10.3. The van der Waals surface area contributed by atoms with Crippen molar-refractivity contribution in [2.24, 2.45) is 16.1 Å². The summed E-state index contributed by atoms with van der Waals surface area (Å²) in [5.41, 5.74) is -0.132. The fourth-order valence-electron chi connectivity index (χ4n) is 1.04. The van der Waals surface area contributed by atoms with Crippen LogP contribution in [0.5, 0.6) is 0 Å². The van der Waals surface area contributed by atoms with E-state index >= 15 is 0 Å². The van der Waals surface area contributed by atoms with E-state index in [-0.39, 0.29) is 5.54 Å². The van der Waals surface area contributed by atoms with Gasteiger partial charge in [0.25, 0.3) is 0 Å². The van der Waals surface area contributed by atoms with E-state index < -0.39 is 5.00 Å². The molecule has 3 heteroatoms. The highest BCUT2D eigenvalue weighted by atomic mass is 35.5. The first-order chi connectivity index (χ1) is 5.62. The molecular weight excluding hydrogens is 184 g/mol. The lowest BCUT2D eigenvalue weighted by atomic mass is 10.1. The van der Waals surface area contributed by atoms with Crippen molar-refractivity contribution in [3.05, 3.63) is 0 Å². The van der Waals surface area contributed by atoms with Crippen LogP contribution in [0.4, 0.5) is 0 Å². The molecule has 0 aliphatic heterocycles. The van der Waals surface area contributed by atoms with Gasteiger partial charge >= 0.3 is 0 Å². The normalized spacial score (nSPS) is 18.2. The van der Waals surface area contributed by atoms with E-state index in [9.17, 15) is 0 Å². The molecule has 13 heavy (non-hydrogen) atoms. The molecule has 0 N–H and O–H groups in total. The minimum atomic E-state index is -0.540. The molecule has 2 nitrogen and oxygen atoms in total. The molecule has 0 aromatic carbocycles. The first-order valence-corrected chi connectivity index (χ1v) is 5.13. The van der Waals surface area contributed by atoms with Crippen molar-refractivity contribution in [2.75, 3.05) is 0 Å². The van der Waals surface area contributed by atoms with Crippen LogP contribution < -0.4 is 0 Å². The zero-order valence-electron chi connectivity index (χ0n) is 9.56. The summed E-state index contributed by atoms with van der Waals surface area (Å²) in [6.07, 6.45) is 0.855. The lowest BCUT2D eigenvalue weighted by Gasteiger charge is -2.20. The first-order valence-electron chi connectivity index (χ1n) is 4.75. The van der Waals surface area contributed by atoms with Crippen molar-refractivity contribution in [1.82, 2.24) is 0 Å². The third kappa shape index (κ3) is 8.23. The Hall–Kier alpha value is -0.110. The maximum absolute atomic E-state index is 6.18. The van der Waals surface area contributed by atoms with Crippen molar-refractivity contribution >= 4 is 11.6 Å². The fourth-order valence-corrected chi connectivity index (χ4v) is 1.39. The van der Waals surface area contributed by atoms with Gasteiger partial charge in [-0.05, 0) is 40.0 Å². The molecule has 1 unspecified atom stereocenters. The smallest absolute Gasteiger partial charge is 0.152 e. The average molecular weight is 205 g/mol. The van der Waals surface area contributed by atoms with Crippen LogP contribution in [0.15, 0.2) is 10.2 Å². The topological polar surface area (TPSA) is 24.7 Å². The van der Waals surface area contributed by atoms with Crippen LogP contribution in [0.25, 0.3) is 0 Å². The molecule has 0 bridgehead atoms. The molecule has 0 amide bonds. The molecule has 0 spiro atoms. The summed E-state index contributed by atoms with van der Waals surface area (Å²) in [6.45, 7) is 12.2. The van der Waals surface area contributed by atoms with E-state index in [1.54, 1.807) is 0 Å². The lowest BCUT2D eigenvalue weighted by molar-refractivity contribution is 0.434. The van der Waals surface area contributed by atoms with Gasteiger partial charge in [-0.1, -0.05) is 25.4 Å². The molecule has 0 aliphatic carbocycles. The second-order valence-electron chi connectivity index (χ2n) is 5.11. The Bertz CT molecular complexity index is 178. The summed E-state index contributed by atoms with van der Waals surface area (Å²) in [5.74, 6) is 0.543. The number of alkyl halides is 1. The Morgan fingerprint density at radius 3 is 1.85 bits per heavy atom. The van der Waals surface area contributed by atoms with Gasteiger partial charge in [-0.2, -0.15) is 10.2 Å². The van der Waals surface area contributed by atoms with Gasteiger partial charge in [0.2, 0.25) is 0 Å². The van der Waals surface area contributed by atoms with E-state index in [2.05, 4.69) is 24.1 Å². The number of azo groups is 1. The Morgan fingerprint density at radius 1 is 1.08 bits per heavy atom. The number of halogens is 1. The molecule has 0 fully saturated rings. The Morgan fingerprint density at radius 2 is 1.54 bits per heavy atom. The average Bonchev–Trinajstić information content (AvgIpc) is 1.79. The van der Waals surface area contributed by atoms with Crippen molar-refractivity contribution in [3.63, 3.8) is 0 Å². The van der Waals surface area contributed by atoms with Gasteiger partial charge in [-0.15, -0.1) is 0 Å². The largest absolute Gasteiger partial charge is 0.187 e. The summed E-state index contributed by atoms with van der Waals surface area (Å²) in [6, 6.07) is 0. The van der Waals surface area contributed by atoms with Crippen molar-refractivity contribution in [2.45, 2.75) is 58.5 Å². The molecule has 0 heterocycles. The summed E-state index contributed by atoms with van der Waals surface area (Å²) in [5, 5.41) is 8.33. The van der Waals surface area contributed by atoms with Crippen LogP contribution in [-0.2, 0) is 0 Å². The predicted molar refractivity (Wildman–Crippen MR) is 58.3 cm³/mol. The van der Waals surface area contributed by atoms with Crippen molar-refractivity contribution in [1.29, 1.82) is 0 Å². The van der Waals surface area contributed by atoms with Gasteiger partial charge in [-0.3, -0.25) is 0 Å². The highest BCUT2D eigenvalue weighted by molar-refractivity contribution is 6.23. The van der Waals surface area contributed by atoms with Gasteiger partial charge in [0.15, 0.2) is 5.00 Å². The third-order valence-electron chi connectivity index (χ3n) is 1.34. The van der Waals surface area contributed by atoms with Gasteiger partial charge in [0, 0.05) is 0 Å². The maximum atomic E-state index is 6.18. The molecular formula is C10H21ClN2. The van der Waals surface area contributed by atoms with Gasteiger partial charge < -0.3 is 0 Å². The van der Waals surface area contributed by atoms with Crippen LogP contribution in [0, 0.1) is 5.92 Å². The van der Waals surface area contributed by atoms with Gasteiger partial charge in [0.1, 0.15) is 0 Å². The van der Waals surface area contributed by atoms with Crippen LogP contribution in [0.2, 0.25) is 0 Å². The van der Waals surface area contributed by atoms with Crippen LogP contribution in [-0.4, -0.2) is 10.5 Å². The minimum Gasteiger partial charge on any atom is -0.187 e. The van der Waals surface area contributed by atoms with Crippen molar-refractivity contribution < 1.29 is 0 Å². The third-order valence-corrected chi connectivity index (χ3v) is 1.57. The Labute approximate surface area is 86.8 Å². The van der Waals surface area contributed by atoms with Gasteiger partial charge in [-0.25, -0.2) is 0 Å². The highest BCUT2D eigenvalue weighted by Crippen LogP contribution is 2.27. The van der Waals surface area contributed by atoms with Gasteiger partial charge in [0.05, 0.1) is 5.54 Å². The molecule has 0 aromatic rings. The summed E-state index contributed by atoms with van der Waals surface area (Å²) < 4.78 is 0. The fraction of sp³-hybridized carbons (Fsp3) is 1.00. The summed E-state index contributed by atoms with van der Waals surface area (Å²) in [4.78, 5) is -0.540. The molecule has 0 aliphatic rings. The first kappa shape index (κ1) is 12.9. The van der Waals surface area contributed by atoms with E-state index in [1.165, 1.54) is 0 Å². The molecule has 0 radical (unpaired) electrons. The Balaban J connectivity index is 4.24. The minimum absolute atomic E-state index is 0.132. The Kier molecular flexibility index (Phi) is 4.37. The number of hydrogen-bond donors (Lipinski definition) is 0. The number of hydrogen-bond acceptors (Lipinski definition) is 2. The van der Waals surface area contributed by atoms with E-state index in [1.807, 2.05) is 27.7 Å². The predicted octanol–water partition coefficient (Wildman–Crippen LogP) is 4.24. The molecule has 0 aromatic heterocycles. The van der Waals surface area contributed by atoms with E-state index in [0.29, 0.717) is 5.92 Å². The lowest BCUT2D eigenvalue weighted by Crippen LogP contribution is -2.18. The summed E-state index contributed by atoms with van der Waals surface area (Å²) >= 11 is 6.18. The SMILES string of the molecule is CC(C)CC(C)(Cl)N=NC(C)(C)C. The van der Waals surface area contributed by atoms with Crippen LogP contribution >= 0.6 is 11.6 Å². The van der Waals surface area contributed by atoms with Crippen molar-refractivity contribution in [3.8, 4) is 0 Å². The van der Waals surface area contributed by atoms with E-state index in [4.69, 9.17) is 11.6 Å². The molecule has 78 valence electrons. The maximum Gasteiger partial charge on any atom is 0.152 e. The molecule has 0 saturated carbocycles.